The van der Waals surface area contributed by atoms with E-state index in [9.17, 15) is 0 Å². The number of hydrogen-bond acceptors (Lipinski definition) is 4. The topological polar surface area (TPSA) is 69.9 Å². The second kappa shape index (κ2) is 4.62. The van der Waals surface area contributed by atoms with Crippen molar-refractivity contribution in [2.75, 3.05) is 0 Å². The average molecular weight is 150 g/mol. The second-order valence-electron chi connectivity index (χ2n) is 2.13. The maximum Gasteiger partial charge on any atom is 0.183 e. The van der Waals surface area contributed by atoms with Crippen LogP contribution in [0.1, 0.15) is 20.3 Å². The van der Waals surface area contributed by atoms with E-state index in [-0.39, 0.29) is 0 Å². The van der Waals surface area contributed by atoms with Gasteiger partial charge in [0.2, 0.25) is 0 Å². The van der Waals surface area contributed by atoms with Gasteiger partial charge in [0.25, 0.3) is 0 Å². The quantitative estimate of drug-likeness (QED) is 0.469. The van der Waals surface area contributed by atoms with Crippen molar-refractivity contribution < 1.29 is 20.1 Å². The Bertz CT molecular complexity index is 83.8. The molecule has 0 radical (unpaired) electrons. The zero-order chi connectivity index (χ0) is 8.15. The lowest BCUT2D eigenvalue weighted by atomic mass is 10.4. The fraction of sp³-hybridized carbons (Fsp3) is 1.00. The summed E-state index contributed by atoms with van der Waals surface area (Å²) in [6.45, 7) is 3.09. The van der Waals surface area contributed by atoms with Crippen molar-refractivity contribution in [2.24, 2.45) is 0 Å². The van der Waals surface area contributed by atoms with Gasteiger partial charge in [-0.15, -0.1) is 0 Å². The number of hydrogen-bond donors (Lipinski definition) is 3. The lowest BCUT2D eigenvalue weighted by molar-refractivity contribution is -0.237. The van der Waals surface area contributed by atoms with Crippen molar-refractivity contribution >= 4 is 0 Å². The summed E-state index contributed by atoms with van der Waals surface area (Å²) < 4.78 is 4.52. The van der Waals surface area contributed by atoms with Gasteiger partial charge in [-0.05, 0) is 13.3 Å². The molecule has 0 saturated carbocycles. The summed E-state index contributed by atoms with van der Waals surface area (Å²) in [6, 6.07) is 0. The van der Waals surface area contributed by atoms with Crippen molar-refractivity contribution in [3.8, 4) is 0 Å². The fourth-order valence-electron chi connectivity index (χ4n) is 0.371. The molecule has 0 bridgehead atoms. The molecule has 0 aromatic rings. The Hall–Kier alpha value is -0.160. The van der Waals surface area contributed by atoms with Gasteiger partial charge in [-0.3, -0.25) is 0 Å². The van der Waals surface area contributed by atoms with Gasteiger partial charge in [0.15, 0.2) is 12.6 Å². The molecule has 0 fully saturated rings. The molecule has 3 N–H and O–H groups in total. The first-order valence-electron chi connectivity index (χ1n) is 3.27. The van der Waals surface area contributed by atoms with Crippen LogP contribution in [-0.4, -0.2) is 34.0 Å². The highest BCUT2D eigenvalue weighted by Crippen LogP contribution is 2.00. The van der Waals surface area contributed by atoms with Crippen LogP contribution >= 0.6 is 0 Å². The molecule has 3 atom stereocenters. The summed E-state index contributed by atoms with van der Waals surface area (Å²) in [7, 11) is 0. The molecule has 0 aliphatic heterocycles. The van der Waals surface area contributed by atoms with Crippen LogP contribution in [0.3, 0.4) is 0 Å². The summed E-state index contributed by atoms with van der Waals surface area (Å²) in [5, 5.41) is 26.3. The second-order valence-corrected chi connectivity index (χ2v) is 2.13. The summed E-state index contributed by atoms with van der Waals surface area (Å²) in [6.07, 6.45) is -2.87. The summed E-state index contributed by atoms with van der Waals surface area (Å²) in [5.74, 6) is 0. The summed E-state index contributed by atoms with van der Waals surface area (Å²) >= 11 is 0. The van der Waals surface area contributed by atoms with E-state index in [1.807, 2.05) is 0 Å². The van der Waals surface area contributed by atoms with Crippen LogP contribution in [0.5, 0.6) is 0 Å². The van der Waals surface area contributed by atoms with Gasteiger partial charge in [0.1, 0.15) is 6.10 Å². The lowest BCUT2D eigenvalue weighted by Crippen LogP contribution is -2.30. The van der Waals surface area contributed by atoms with Crippen LogP contribution in [0, 0.1) is 0 Å². The minimum atomic E-state index is -1.30. The van der Waals surface area contributed by atoms with E-state index in [2.05, 4.69) is 4.74 Å². The van der Waals surface area contributed by atoms with Gasteiger partial charge < -0.3 is 20.1 Å². The van der Waals surface area contributed by atoms with Gasteiger partial charge in [0, 0.05) is 0 Å². The van der Waals surface area contributed by atoms with E-state index in [0.717, 1.165) is 0 Å². The third-order valence-electron chi connectivity index (χ3n) is 1.06. The van der Waals surface area contributed by atoms with Gasteiger partial charge in [-0.1, -0.05) is 6.92 Å². The maximum absolute atomic E-state index is 8.80. The van der Waals surface area contributed by atoms with Crippen molar-refractivity contribution in [2.45, 2.75) is 39.0 Å². The molecule has 0 aromatic carbocycles. The van der Waals surface area contributed by atoms with E-state index >= 15 is 0 Å². The van der Waals surface area contributed by atoms with E-state index in [1.54, 1.807) is 6.92 Å². The molecule has 62 valence electrons. The first kappa shape index (κ1) is 9.84. The van der Waals surface area contributed by atoms with E-state index in [0.29, 0.717) is 6.42 Å². The molecule has 4 heteroatoms. The monoisotopic (exact) mass is 150 g/mol. The maximum atomic E-state index is 8.80. The molecule has 10 heavy (non-hydrogen) atoms. The minimum absolute atomic E-state index is 0.393. The minimum Gasteiger partial charge on any atom is -0.388 e. The smallest absolute Gasteiger partial charge is 0.183 e. The van der Waals surface area contributed by atoms with E-state index < -0.39 is 18.7 Å². The van der Waals surface area contributed by atoms with Crippen LogP contribution in [0.15, 0.2) is 0 Å². The van der Waals surface area contributed by atoms with E-state index in [1.165, 1.54) is 6.92 Å². The van der Waals surface area contributed by atoms with E-state index in [4.69, 9.17) is 15.3 Å². The van der Waals surface area contributed by atoms with Crippen LogP contribution in [0.4, 0.5) is 0 Å². The highest BCUT2D eigenvalue weighted by Gasteiger charge is 2.14. The highest BCUT2D eigenvalue weighted by molar-refractivity contribution is 4.49. The Balaban J connectivity index is 3.46. The van der Waals surface area contributed by atoms with Crippen molar-refractivity contribution in [1.82, 2.24) is 0 Å². The van der Waals surface area contributed by atoms with Crippen molar-refractivity contribution in [3.63, 3.8) is 0 Å². The van der Waals surface area contributed by atoms with Crippen LogP contribution in [0.2, 0.25) is 0 Å². The predicted octanol–water partition coefficient (Wildman–Crippen LogP) is -0.569. The average Bonchev–Trinajstić information content (AvgIpc) is 1.87. The molecular weight excluding hydrogens is 136 g/mol. The zero-order valence-corrected chi connectivity index (χ0v) is 6.19. The predicted molar refractivity (Wildman–Crippen MR) is 35.1 cm³/mol. The molecular formula is C6H14O4. The van der Waals surface area contributed by atoms with Crippen LogP contribution in [0.25, 0.3) is 0 Å². The Morgan fingerprint density at radius 2 is 1.80 bits per heavy atom. The standard InChI is InChI=1S/C6H14O4/c1-3-5(8)10-6(9)4(2)7/h4-9H,3H2,1-2H3. The largest absolute Gasteiger partial charge is 0.388 e. The zero-order valence-electron chi connectivity index (χ0n) is 6.19. The third kappa shape index (κ3) is 3.79. The van der Waals surface area contributed by atoms with Gasteiger partial charge in [0.05, 0.1) is 0 Å². The number of aliphatic hydroxyl groups is 3. The van der Waals surface area contributed by atoms with Crippen LogP contribution < -0.4 is 0 Å². The summed E-state index contributed by atoms with van der Waals surface area (Å²) in [5.41, 5.74) is 0. The van der Waals surface area contributed by atoms with Crippen molar-refractivity contribution in [1.29, 1.82) is 0 Å². The van der Waals surface area contributed by atoms with Crippen LogP contribution in [-0.2, 0) is 4.74 Å². The molecule has 0 spiro atoms. The van der Waals surface area contributed by atoms with Crippen molar-refractivity contribution in [3.05, 3.63) is 0 Å². The van der Waals surface area contributed by atoms with Gasteiger partial charge >= 0.3 is 0 Å². The Morgan fingerprint density at radius 3 is 2.10 bits per heavy atom. The number of rotatable bonds is 4. The Morgan fingerprint density at radius 1 is 1.30 bits per heavy atom. The SMILES string of the molecule is CCC(O)OC(O)C(C)O. The number of ether oxygens (including phenoxy) is 1. The summed E-state index contributed by atoms with van der Waals surface area (Å²) in [4.78, 5) is 0. The highest BCUT2D eigenvalue weighted by atomic mass is 16.7. The third-order valence-corrected chi connectivity index (χ3v) is 1.06. The molecule has 0 heterocycles. The molecule has 3 unspecified atom stereocenters. The van der Waals surface area contributed by atoms with Gasteiger partial charge in [-0.25, -0.2) is 0 Å². The molecule has 0 aliphatic rings. The molecule has 0 aliphatic carbocycles. The Labute approximate surface area is 60.1 Å². The molecule has 4 nitrogen and oxygen atoms in total. The molecule has 0 amide bonds. The van der Waals surface area contributed by atoms with Gasteiger partial charge in [-0.2, -0.15) is 0 Å². The Kier molecular flexibility index (Phi) is 4.55. The fourth-order valence-corrected chi connectivity index (χ4v) is 0.371. The number of aliphatic hydroxyl groups excluding tert-OH is 3. The lowest BCUT2D eigenvalue weighted by Gasteiger charge is -2.17. The first-order valence-corrected chi connectivity index (χ1v) is 3.27. The first-order chi connectivity index (χ1) is 4.57. The normalized spacial score (nSPS) is 20.1. The molecule has 0 rings (SSSR count). The molecule has 0 saturated heterocycles. The molecule has 0 aromatic heterocycles.